The molecule has 94 valence electrons. The Morgan fingerprint density at radius 2 is 1.81 bits per heavy atom. The van der Waals surface area contributed by atoms with Crippen LogP contribution in [-0.2, 0) is 9.59 Å². The Morgan fingerprint density at radius 1 is 1.31 bits per heavy atom. The molecule has 0 saturated heterocycles. The first kappa shape index (κ1) is 14.9. The molecule has 0 radical (unpaired) electrons. The SMILES string of the molecule is CC(C)CC(NC(=O)C(N)C(C)O)C(=O)O. The number of carbonyl (C=O) groups is 2. The Hall–Kier alpha value is -1.14. The molecule has 0 rings (SSSR count). The van der Waals surface area contributed by atoms with Gasteiger partial charge in [0.1, 0.15) is 12.1 Å². The molecule has 0 aromatic heterocycles. The molecule has 0 aliphatic carbocycles. The van der Waals surface area contributed by atoms with E-state index in [0.29, 0.717) is 6.42 Å². The highest BCUT2D eigenvalue weighted by molar-refractivity contribution is 5.87. The first-order chi connectivity index (χ1) is 7.25. The fourth-order valence-electron chi connectivity index (χ4n) is 1.18. The first-order valence-corrected chi connectivity index (χ1v) is 5.22. The number of nitrogens with two attached hydrogens (primary N) is 1. The van der Waals surface area contributed by atoms with Crippen molar-refractivity contribution in [3.05, 3.63) is 0 Å². The van der Waals surface area contributed by atoms with Gasteiger partial charge in [0.05, 0.1) is 6.10 Å². The third-order valence-corrected chi connectivity index (χ3v) is 2.14. The fraction of sp³-hybridized carbons (Fsp3) is 0.800. The van der Waals surface area contributed by atoms with Gasteiger partial charge in [-0.1, -0.05) is 13.8 Å². The molecule has 3 atom stereocenters. The molecule has 6 heteroatoms. The number of hydrogen-bond acceptors (Lipinski definition) is 4. The largest absolute Gasteiger partial charge is 0.480 e. The lowest BCUT2D eigenvalue weighted by molar-refractivity contribution is -0.142. The third-order valence-electron chi connectivity index (χ3n) is 2.14. The maximum Gasteiger partial charge on any atom is 0.326 e. The highest BCUT2D eigenvalue weighted by Crippen LogP contribution is 2.05. The van der Waals surface area contributed by atoms with Crippen LogP contribution in [0.15, 0.2) is 0 Å². The van der Waals surface area contributed by atoms with Gasteiger partial charge in [0.15, 0.2) is 0 Å². The third kappa shape index (κ3) is 5.09. The molecule has 0 aliphatic heterocycles. The van der Waals surface area contributed by atoms with E-state index in [2.05, 4.69) is 5.32 Å². The molecule has 6 nitrogen and oxygen atoms in total. The second-order valence-electron chi connectivity index (χ2n) is 4.30. The zero-order valence-electron chi connectivity index (χ0n) is 9.80. The highest BCUT2D eigenvalue weighted by atomic mass is 16.4. The van der Waals surface area contributed by atoms with E-state index in [-0.39, 0.29) is 5.92 Å². The molecule has 5 N–H and O–H groups in total. The van der Waals surface area contributed by atoms with Gasteiger partial charge >= 0.3 is 5.97 Å². The van der Waals surface area contributed by atoms with E-state index >= 15 is 0 Å². The van der Waals surface area contributed by atoms with Gasteiger partial charge in [0.2, 0.25) is 5.91 Å². The summed E-state index contributed by atoms with van der Waals surface area (Å²) in [5.41, 5.74) is 5.38. The van der Waals surface area contributed by atoms with Crippen LogP contribution in [0.5, 0.6) is 0 Å². The van der Waals surface area contributed by atoms with Gasteiger partial charge in [0.25, 0.3) is 0 Å². The number of aliphatic hydroxyl groups is 1. The summed E-state index contributed by atoms with van der Waals surface area (Å²) in [7, 11) is 0. The summed E-state index contributed by atoms with van der Waals surface area (Å²) in [6.07, 6.45) is -0.679. The van der Waals surface area contributed by atoms with E-state index in [1.807, 2.05) is 13.8 Å². The van der Waals surface area contributed by atoms with Crippen molar-refractivity contribution in [2.75, 3.05) is 0 Å². The van der Waals surface area contributed by atoms with Crippen molar-refractivity contribution in [1.29, 1.82) is 0 Å². The van der Waals surface area contributed by atoms with Gasteiger partial charge in [-0.2, -0.15) is 0 Å². The molecule has 1 amide bonds. The van der Waals surface area contributed by atoms with Crippen molar-refractivity contribution < 1.29 is 19.8 Å². The quantitative estimate of drug-likeness (QED) is 0.484. The summed E-state index contributed by atoms with van der Waals surface area (Å²) in [5.74, 6) is -1.60. The second kappa shape index (κ2) is 6.44. The summed E-state index contributed by atoms with van der Waals surface area (Å²) in [6, 6.07) is -2.06. The molecule has 0 spiro atoms. The second-order valence-corrected chi connectivity index (χ2v) is 4.30. The van der Waals surface area contributed by atoms with Crippen molar-refractivity contribution >= 4 is 11.9 Å². The Morgan fingerprint density at radius 3 is 2.12 bits per heavy atom. The van der Waals surface area contributed by atoms with Crippen LogP contribution in [0.2, 0.25) is 0 Å². The minimum absolute atomic E-state index is 0.143. The van der Waals surface area contributed by atoms with E-state index in [1.54, 1.807) is 0 Å². The van der Waals surface area contributed by atoms with Crippen LogP contribution in [0, 0.1) is 5.92 Å². The molecule has 16 heavy (non-hydrogen) atoms. The molecular formula is C10H20N2O4. The smallest absolute Gasteiger partial charge is 0.326 e. The maximum atomic E-state index is 11.4. The first-order valence-electron chi connectivity index (χ1n) is 5.22. The molecule has 0 bridgehead atoms. The maximum absolute atomic E-state index is 11.4. The van der Waals surface area contributed by atoms with Gasteiger partial charge in [-0.3, -0.25) is 4.79 Å². The summed E-state index contributed by atoms with van der Waals surface area (Å²) in [6.45, 7) is 5.09. The lowest BCUT2D eigenvalue weighted by Gasteiger charge is -2.20. The van der Waals surface area contributed by atoms with E-state index in [4.69, 9.17) is 15.9 Å². The number of aliphatic hydroxyl groups excluding tert-OH is 1. The van der Waals surface area contributed by atoms with Gasteiger partial charge in [-0.25, -0.2) is 4.79 Å². The number of carboxylic acids is 1. The molecular weight excluding hydrogens is 212 g/mol. The predicted octanol–water partition coefficient (Wildman–Crippen LogP) is -0.690. The van der Waals surface area contributed by atoms with E-state index in [0.717, 1.165) is 0 Å². The number of nitrogens with one attached hydrogen (secondary N) is 1. The number of carbonyl (C=O) groups excluding carboxylic acids is 1. The Labute approximate surface area is 94.8 Å². The monoisotopic (exact) mass is 232 g/mol. The van der Waals surface area contributed by atoms with Crippen LogP contribution >= 0.6 is 0 Å². The van der Waals surface area contributed by atoms with Crippen LogP contribution < -0.4 is 11.1 Å². The van der Waals surface area contributed by atoms with Crippen LogP contribution in [0.25, 0.3) is 0 Å². The fourth-order valence-corrected chi connectivity index (χ4v) is 1.18. The number of aliphatic carboxylic acids is 1. The number of hydrogen-bond donors (Lipinski definition) is 4. The van der Waals surface area contributed by atoms with Crippen molar-refractivity contribution in [2.24, 2.45) is 11.7 Å². The summed E-state index contributed by atoms with van der Waals surface area (Å²) >= 11 is 0. The van der Waals surface area contributed by atoms with Crippen LogP contribution in [0.1, 0.15) is 27.2 Å². The van der Waals surface area contributed by atoms with Crippen molar-refractivity contribution in [3.63, 3.8) is 0 Å². The molecule has 0 fully saturated rings. The zero-order valence-corrected chi connectivity index (χ0v) is 9.80. The lowest BCUT2D eigenvalue weighted by Crippen LogP contribution is -2.52. The van der Waals surface area contributed by atoms with Gasteiger partial charge < -0.3 is 21.3 Å². The molecule has 0 saturated carbocycles. The average Bonchev–Trinajstić information content (AvgIpc) is 2.14. The normalized spacial score (nSPS) is 16.6. The number of amides is 1. The summed E-state index contributed by atoms with van der Waals surface area (Å²) in [4.78, 5) is 22.3. The van der Waals surface area contributed by atoms with Gasteiger partial charge in [-0.05, 0) is 19.3 Å². The molecule has 0 aromatic rings. The predicted molar refractivity (Wildman–Crippen MR) is 58.7 cm³/mol. The van der Waals surface area contributed by atoms with Crippen LogP contribution in [0.3, 0.4) is 0 Å². The Kier molecular flexibility index (Phi) is 5.98. The average molecular weight is 232 g/mol. The Bertz CT molecular complexity index is 253. The molecule has 0 aromatic carbocycles. The number of carboxylic acid groups (broad SMARTS) is 1. The zero-order chi connectivity index (χ0) is 12.9. The molecule has 0 aliphatic rings. The van der Waals surface area contributed by atoms with Gasteiger partial charge in [0, 0.05) is 0 Å². The van der Waals surface area contributed by atoms with Crippen molar-refractivity contribution in [1.82, 2.24) is 5.32 Å². The van der Waals surface area contributed by atoms with Crippen LogP contribution in [0.4, 0.5) is 0 Å². The molecule has 0 heterocycles. The summed E-state index contributed by atoms with van der Waals surface area (Å²) < 4.78 is 0. The minimum Gasteiger partial charge on any atom is -0.480 e. The number of rotatable bonds is 6. The minimum atomic E-state index is -1.10. The lowest BCUT2D eigenvalue weighted by atomic mass is 10.0. The Balaban J connectivity index is 4.40. The van der Waals surface area contributed by atoms with E-state index in [1.165, 1.54) is 6.92 Å². The standard InChI is InChI=1S/C10H20N2O4/c1-5(2)4-7(10(15)16)12-9(14)8(11)6(3)13/h5-8,13H,4,11H2,1-3H3,(H,12,14)(H,15,16). The summed E-state index contributed by atoms with van der Waals surface area (Å²) in [5, 5.41) is 20.3. The van der Waals surface area contributed by atoms with E-state index < -0.39 is 30.1 Å². The van der Waals surface area contributed by atoms with Crippen molar-refractivity contribution in [2.45, 2.75) is 45.4 Å². The molecule has 3 unspecified atom stereocenters. The highest BCUT2D eigenvalue weighted by Gasteiger charge is 2.25. The topological polar surface area (TPSA) is 113 Å². The van der Waals surface area contributed by atoms with Crippen LogP contribution in [-0.4, -0.2) is 40.3 Å². The van der Waals surface area contributed by atoms with Crippen molar-refractivity contribution in [3.8, 4) is 0 Å². The van der Waals surface area contributed by atoms with E-state index in [9.17, 15) is 9.59 Å². The van der Waals surface area contributed by atoms with Gasteiger partial charge in [-0.15, -0.1) is 0 Å².